The molecule has 1 amide bonds. The van der Waals surface area contributed by atoms with Gasteiger partial charge in [-0.1, -0.05) is 0 Å². The normalized spacial score (nSPS) is 15.3. The fourth-order valence-corrected chi connectivity index (χ4v) is 3.01. The van der Waals surface area contributed by atoms with Gasteiger partial charge in [-0.25, -0.2) is 4.79 Å². The topological polar surface area (TPSA) is 87.2 Å². The Bertz CT molecular complexity index is 638. The Morgan fingerprint density at radius 2 is 2.04 bits per heavy atom. The number of H-pyrrole nitrogens is 1. The SMILES string of the molecule is CNCCC1CCN(C(=O)Cn2cc(Br)c(=O)[nH]c2=O)CC1.Cl. The van der Waals surface area contributed by atoms with Crippen LogP contribution < -0.4 is 16.6 Å². The molecule has 0 bridgehead atoms. The van der Waals surface area contributed by atoms with E-state index in [1.807, 2.05) is 7.05 Å². The molecule has 9 heteroatoms. The number of hydrogen-bond donors (Lipinski definition) is 2. The standard InChI is InChI=1S/C14H21BrN4O3.ClH/c1-16-5-2-10-3-6-18(7-4-10)12(20)9-19-8-11(15)13(21)17-14(19)22;/h8,10,16H,2-7,9H2,1H3,(H,17,21,22);1H. The van der Waals surface area contributed by atoms with E-state index in [1.54, 1.807) is 4.90 Å². The molecule has 0 unspecified atom stereocenters. The first-order valence-corrected chi connectivity index (χ1v) is 8.22. The molecule has 1 saturated heterocycles. The lowest BCUT2D eigenvalue weighted by molar-refractivity contribution is -0.133. The lowest BCUT2D eigenvalue weighted by atomic mass is 9.93. The van der Waals surface area contributed by atoms with Crippen molar-refractivity contribution in [2.75, 3.05) is 26.7 Å². The van der Waals surface area contributed by atoms with Gasteiger partial charge in [-0.2, -0.15) is 0 Å². The Morgan fingerprint density at radius 1 is 1.39 bits per heavy atom. The summed E-state index contributed by atoms with van der Waals surface area (Å²) in [7, 11) is 1.94. The van der Waals surface area contributed by atoms with Gasteiger partial charge in [-0.05, 0) is 54.7 Å². The molecular formula is C14H22BrClN4O3. The van der Waals surface area contributed by atoms with Crippen molar-refractivity contribution in [2.45, 2.75) is 25.8 Å². The molecule has 2 rings (SSSR count). The van der Waals surface area contributed by atoms with E-state index < -0.39 is 11.2 Å². The van der Waals surface area contributed by atoms with Crippen LogP contribution in [-0.4, -0.2) is 47.0 Å². The number of aromatic nitrogens is 2. The first kappa shape index (κ1) is 19.9. The Hall–Kier alpha value is -1.12. The lowest BCUT2D eigenvalue weighted by Gasteiger charge is -2.32. The van der Waals surface area contributed by atoms with Crippen LogP contribution in [-0.2, 0) is 11.3 Å². The number of nitrogens with zero attached hydrogens (tertiary/aromatic N) is 2. The number of halogens is 2. The molecule has 130 valence electrons. The van der Waals surface area contributed by atoms with Gasteiger partial charge in [-0.3, -0.25) is 19.1 Å². The molecule has 1 aromatic rings. The Morgan fingerprint density at radius 3 is 2.65 bits per heavy atom. The van der Waals surface area contributed by atoms with Gasteiger partial charge in [0.1, 0.15) is 6.54 Å². The summed E-state index contributed by atoms with van der Waals surface area (Å²) < 4.78 is 1.46. The second kappa shape index (κ2) is 9.24. The quantitative estimate of drug-likeness (QED) is 0.744. The summed E-state index contributed by atoms with van der Waals surface area (Å²) in [5.41, 5.74) is -1.05. The van der Waals surface area contributed by atoms with Crippen molar-refractivity contribution in [3.05, 3.63) is 31.5 Å². The van der Waals surface area contributed by atoms with E-state index in [2.05, 4.69) is 26.2 Å². The first-order valence-electron chi connectivity index (χ1n) is 7.43. The highest BCUT2D eigenvalue weighted by Gasteiger charge is 2.22. The molecule has 0 atom stereocenters. The third kappa shape index (κ3) is 5.47. The lowest BCUT2D eigenvalue weighted by Crippen LogP contribution is -2.42. The van der Waals surface area contributed by atoms with Crippen molar-refractivity contribution in [3.63, 3.8) is 0 Å². The van der Waals surface area contributed by atoms with E-state index in [1.165, 1.54) is 10.8 Å². The maximum atomic E-state index is 12.3. The maximum Gasteiger partial charge on any atom is 0.328 e. The summed E-state index contributed by atoms with van der Waals surface area (Å²) >= 11 is 3.06. The van der Waals surface area contributed by atoms with E-state index >= 15 is 0 Å². The number of rotatable bonds is 5. The minimum absolute atomic E-state index is 0. The van der Waals surface area contributed by atoms with Crippen molar-refractivity contribution in [1.29, 1.82) is 0 Å². The third-order valence-corrected chi connectivity index (χ3v) is 4.61. The van der Waals surface area contributed by atoms with Crippen LogP contribution in [0.15, 0.2) is 20.3 Å². The number of aromatic amines is 1. The summed E-state index contributed by atoms with van der Waals surface area (Å²) in [5, 5.41) is 3.15. The van der Waals surface area contributed by atoms with Crippen LogP contribution in [0.4, 0.5) is 0 Å². The largest absolute Gasteiger partial charge is 0.341 e. The molecule has 1 aliphatic rings. The maximum absolute atomic E-state index is 12.3. The number of likely N-dealkylation sites (tertiary alicyclic amines) is 1. The van der Waals surface area contributed by atoms with Crippen LogP contribution in [0.1, 0.15) is 19.3 Å². The second-order valence-electron chi connectivity index (χ2n) is 5.58. The molecule has 0 saturated carbocycles. The van der Waals surface area contributed by atoms with Gasteiger partial charge in [-0.15, -0.1) is 12.4 Å². The molecule has 23 heavy (non-hydrogen) atoms. The number of carbonyl (C=O) groups is 1. The Kier molecular flexibility index (Phi) is 8.01. The van der Waals surface area contributed by atoms with Gasteiger partial charge < -0.3 is 10.2 Å². The van der Waals surface area contributed by atoms with Crippen molar-refractivity contribution in [1.82, 2.24) is 19.8 Å². The van der Waals surface area contributed by atoms with E-state index in [-0.39, 0.29) is 29.3 Å². The second-order valence-corrected chi connectivity index (χ2v) is 6.43. The summed E-state index contributed by atoms with van der Waals surface area (Å²) in [5.74, 6) is 0.564. The molecule has 7 nitrogen and oxygen atoms in total. The number of amides is 1. The van der Waals surface area contributed by atoms with Crippen molar-refractivity contribution in [3.8, 4) is 0 Å². The minimum atomic E-state index is -0.564. The highest BCUT2D eigenvalue weighted by atomic mass is 79.9. The van der Waals surface area contributed by atoms with Crippen LogP contribution in [0.25, 0.3) is 0 Å². The van der Waals surface area contributed by atoms with Gasteiger partial charge in [0.2, 0.25) is 5.91 Å². The molecule has 0 aromatic carbocycles. The van der Waals surface area contributed by atoms with E-state index in [0.29, 0.717) is 5.92 Å². The van der Waals surface area contributed by atoms with Crippen molar-refractivity contribution in [2.24, 2.45) is 5.92 Å². The van der Waals surface area contributed by atoms with E-state index in [4.69, 9.17) is 0 Å². The predicted molar refractivity (Wildman–Crippen MR) is 94.1 cm³/mol. The molecule has 1 fully saturated rings. The van der Waals surface area contributed by atoms with Crippen LogP contribution in [0.3, 0.4) is 0 Å². The summed E-state index contributed by atoms with van der Waals surface area (Å²) in [4.78, 5) is 39.2. The summed E-state index contributed by atoms with van der Waals surface area (Å²) in [6, 6.07) is 0. The zero-order valence-corrected chi connectivity index (χ0v) is 15.4. The van der Waals surface area contributed by atoms with Gasteiger partial charge in [0.15, 0.2) is 0 Å². The Balaban J connectivity index is 0.00000264. The van der Waals surface area contributed by atoms with Gasteiger partial charge >= 0.3 is 5.69 Å². The molecule has 2 N–H and O–H groups in total. The van der Waals surface area contributed by atoms with Crippen LogP contribution in [0.2, 0.25) is 0 Å². The highest BCUT2D eigenvalue weighted by molar-refractivity contribution is 9.10. The molecule has 0 aliphatic carbocycles. The number of hydrogen-bond acceptors (Lipinski definition) is 4. The van der Waals surface area contributed by atoms with Crippen LogP contribution in [0.5, 0.6) is 0 Å². The van der Waals surface area contributed by atoms with Crippen LogP contribution in [0, 0.1) is 5.92 Å². The smallest absolute Gasteiger partial charge is 0.328 e. The van der Waals surface area contributed by atoms with Crippen molar-refractivity contribution < 1.29 is 4.79 Å². The Labute approximate surface area is 149 Å². The molecule has 1 aromatic heterocycles. The number of nitrogens with one attached hydrogen (secondary N) is 2. The molecule has 2 heterocycles. The molecular weight excluding hydrogens is 388 g/mol. The fourth-order valence-electron chi connectivity index (χ4n) is 2.67. The number of piperidine rings is 1. The fraction of sp³-hybridized carbons (Fsp3) is 0.643. The zero-order chi connectivity index (χ0) is 16.1. The molecule has 0 spiro atoms. The molecule has 1 aliphatic heterocycles. The highest BCUT2D eigenvalue weighted by Crippen LogP contribution is 2.20. The summed E-state index contributed by atoms with van der Waals surface area (Å²) in [6.07, 6.45) is 4.48. The van der Waals surface area contributed by atoms with Gasteiger partial charge in [0.25, 0.3) is 5.56 Å². The molecule has 0 radical (unpaired) electrons. The van der Waals surface area contributed by atoms with Gasteiger partial charge in [0, 0.05) is 19.3 Å². The predicted octanol–water partition coefficient (Wildman–Crippen LogP) is 0.569. The average Bonchev–Trinajstić information content (AvgIpc) is 2.51. The average molecular weight is 410 g/mol. The van der Waals surface area contributed by atoms with Gasteiger partial charge in [0.05, 0.1) is 4.47 Å². The number of carbonyl (C=O) groups excluding carboxylic acids is 1. The van der Waals surface area contributed by atoms with E-state index in [9.17, 15) is 14.4 Å². The summed E-state index contributed by atoms with van der Waals surface area (Å²) in [6.45, 7) is 2.41. The van der Waals surface area contributed by atoms with Crippen LogP contribution >= 0.6 is 28.3 Å². The van der Waals surface area contributed by atoms with E-state index in [0.717, 1.165) is 38.9 Å². The third-order valence-electron chi connectivity index (χ3n) is 4.04. The zero-order valence-electron chi connectivity index (χ0n) is 13.0. The van der Waals surface area contributed by atoms with Crippen molar-refractivity contribution >= 4 is 34.2 Å². The first-order chi connectivity index (χ1) is 10.5. The monoisotopic (exact) mass is 408 g/mol. The minimum Gasteiger partial charge on any atom is -0.341 e.